The summed E-state index contributed by atoms with van der Waals surface area (Å²) in [6.45, 7) is 15.8. The number of ether oxygens (including phenoxy) is 1. The van der Waals surface area contributed by atoms with Gasteiger partial charge in [0.1, 0.15) is 0 Å². The van der Waals surface area contributed by atoms with Gasteiger partial charge in [-0.1, -0.05) is 34.1 Å². The van der Waals surface area contributed by atoms with Crippen molar-refractivity contribution in [2.75, 3.05) is 32.9 Å². The zero-order valence-corrected chi connectivity index (χ0v) is 14.0. The molecule has 2 aliphatic heterocycles. The van der Waals surface area contributed by atoms with E-state index in [9.17, 15) is 5.11 Å². The average molecular weight is 283 g/mol. The van der Waals surface area contributed by atoms with E-state index in [2.05, 4.69) is 39.5 Å². The summed E-state index contributed by atoms with van der Waals surface area (Å²) in [4.78, 5) is 2.61. The Morgan fingerprint density at radius 1 is 1.30 bits per heavy atom. The molecule has 0 saturated carbocycles. The molecule has 0 aromatic rings. The number of rotatable bonds is 6. The molecule has 3 nitrogen and oxygen atoms in total. The molecule has 3 heteroatoms. The van der Waals surface area contributed by atoms with E-state index in [1.807, 2.05) is 0 Å². The van der Waals surface area contributed by atoms with Crippen LogP contribution in [0.15, 0.2) is 0 Å². The minimum Gasteiger partial charge on any atom is -0.396 e. The predicted octanol–water partition coefficient (Wildman–Crippen LogP) is 2.78. The first kappa shape index (κ1) is 16.3. The first-order valence-corrected chi connectivity index (χ1v) is 8.24. The molecule has 2 saturated heterocycles. The SMILES string of the molecule is CCC(C(C)N1CC(CC(C)(C)C)C1)C1(CO)COC1. The number of nitrogens with zero attached hydrogens (tertiary/aromatic N) is 1. The largest absolute Gasteiger partial charge is 0.396 e. The van der Waals surface area contributed by atoms with Gasteiger partial charge in [0.25, 0.3) is 0 Å². The molecule has 0 radical (unpaired) electrons. The van der Waals surface area contributed by atoms with Crippen molar-refractivity contribution < 1.29 is 9.84 Å². The van der Waals surface area contributed by atoms with E-state index >= 15 is 0 Å². The van der Waals surface area contributed by atoms with E-state index in [1.165, 1.54) is 19.5 Å². The van der Waals surface area contributed by atoms with Crippen molar-refractivity contribution in [3.8, 4) is 0 Å². The number of hydrogen-bond acceptors (Lipinski definition) is 3. The van der Waals surface area contributed by atoms with Gasteiger partial charge in [-0.15, -0.1) is 0 Å². The van der Waals surface area contributed by atoms with E-state index in [1.54, 1.807) is 0 Å². The van der Waals surface area contributed by atoms with Crippen LogP contribution in [0.1, 0.15) is 47.5 Å². The van der Waals surface area contributed by atoms with Crippen LogP contribution >= 0.6 is 0 Å². The van der Waals surface area contributed by atoms with Crippen molar-refractivity contribution in [3.63, 3.8) is 0 Å². The third-order valence-corrected chi connectivity index (χ3v) is 5.37. The maximum Gasteiger partial charge on any atom is 0.0570 e. The quantitative estimate of drug-likeness (QED) is 0.813. The van der Waals surface area contributed by atoms with Crippen LogP contribution in [0.5, 0.6) is 0 Å². The lowest BCUT2D eigenvalue weighted by atomic mass is 9.68. The smallest absolute Gasteiger partial charge is 0.0570 e. The van der Waals surface area contributed by atoms with E-state index in [0.29, 0.717) is 17.4 Å². The van der Waals surface area contributed by atoms with Crippen LogP contribution in [-0.4, -0.2) is 49.0 Å². The van der Waals surface area contributed by atoms with Crippen LogP contribution in [0.2, 0.25) is 0 Å². The summed E-state index contributed by atoms with van der Waals surface area (Å²) in [5, 5.41) is 9.77. The molecule has 0 amide bonds. The third kappa shape index (κ3) is 3.20. The summed E-state index contributed by atoms with van der Waals surface area (Å²) < 4.78 is 5.40. The highest BCUT2D eigenvalue weighted by Gasteiger charge is 2.49. The summed E-state index contributed by atoms with van der Waals surface area (Å²) in [6, 6.07) is 0.562. The maximum atomic E-state index is 9.77. The molecule has 0 bridgehead atoms. The lowest BCUT2D eigenvalue weighted by molar-refractivity contribution is -0.186. The number of aliphatic hydroxyl groups is 1. The monoisotopic (exact) mass is 283 g/mol. The van der Waals surface area contributed by atoms with Crippen LogP contribution in [-0.2, 0) is 4.74 Å². The molecule has 0 aromatic carbocycles. The van der Waals surface area contributed by atoms with Gasteiger partial charge >= 0.3 is 0 Å². The Balaban J connectivity index is 1.87. The minimum absolute atomic E-state index is 0.0310. The Bertz CT molecular complexity index is 308. The Morgan fingerprint density at radius 3 is 2.25 bits per heavy atom. The van der Waals surface area contributed by atoms with E-state index in [0.717, 1.165) is 25.6 Å². The van der Waals surface area contributed by atoms with Crippen molar-refractivity contribution in [1.29, 1.82) is 0 Å². The Hall–Kier alpha value is -0.120. The second kappa shape index (κ2) is 5.94. The molecule has 1 N–H and O–H groups in total. The Kier molecular flexibility index (Phi) is 4.83. The number of hydrogen-bond donors (Lipinski definition) is 1. The summed E-state index contributed by atoms with van der Waals surface area (Å²) >= 11 is 0. The molecule has 0 spiro atoms. The molecule has 2 fully saturated rings. The Morgan fingerprint density at radius 2 is 1.90 bits per heavy atom. The fourth-order valence-corrected chi connectivity index (χ4v) is 4.26. The standard InChI is InChI=1S/C17H33NO2/c1-6-15(17(10-19)11-20-12-17)13(2)18-8-14(9-18)7-16(3,4)5/h13-15,19H,6-12H2,1-5H3. The molecule has 20 heavy (non-hydrogen) atoms. The molecular formula is C17H33NO2. The van der Waals surface area contributed by atoms with Crippen LogP contribution in [0.3, 0.4) is 0 Å². The van der Waals surface area contributed by atoms with Crippen molar-refractivity contribution >= 4 is 0 Å². The maximum absolute atomic E-state index is 9.77. The van der Waals surface area contributed by atoms with Crippen LogP contribution in [0, 0.1) is 22.7 Å². The molecule has 2 rings (SSSR count). The zero-order valence-electron chi connectivity index (χ0n) is 14.0. The van der Waals surface area contributed by atoms with Gasteiger partial charge in [-0.25, -0.2) is 0 Å². The van der Waals surface area contributed by atoms with Gasteiger partial charge in [0.2, 0.25) is 0 Å². The van der Waals surface area contributed by atoms with Gasteiger partial charge in [-0.05, 0) is 30.6 Å². The summed E-state index contributed by atoms with van der Waals surface area (Å²) in [5.41, 5.74) is 0.474. The third-order valence-electron chi connectivity index (χ3n) is 5.37. The topological polar surface area (TPSA) is 32.7 Å². The average Bonchev–Trinajstić information content (AvgIpc) is 2.25. The summed E-state index contributed by atoms with van der Waals surface area (Å²) in [6.07, 6.45) is 2.45. The van der Waals surface area contributed by atoms with Crippen LogP contribution in [0.25, 0.3) is 0 Å². The molecular weight excluding hydrogens is 250 g/mol. The summed E-state index contributed by atoms with van der Waals surface area (Å²) in [7, 11) is 0. The van der Waals surface area contributed by atoms with E-state index in [-0.39, 0.29) is 12.0 Å². The van der Waals surface area contributed by atoms with E-state index in [4.69, 9.17) is 4.74 Å². The molecule has 2 unspecified atom stereocenters. The molecule has 2 aliphatic rings. The second-order valence-corrected chi connectivity index (χ2v) is 8.35. The van der Waals surface area contributed by atoms with Crippen molar-refractivity contribution in [2.24, 2.45) is 22.7 Å². The fraction of sp³-hybridized carbons (Fsp3) is 1.00. The van der Waals surface area contributed by atoms with Gasteiger partial charge in [0.15, 0.2) is 0 Å². The lowest BCUT2D eigenvalue weighted by Crippen LogP contribution is -2.61. The van der Waals surface area contributed by atoms with Crippen molar-refractivity contribution in [3.05, 3.63) is 0 Å². The lowest BCUT2D eigenvalue weighted by Gasteiger charge is -2.54. The molecule has 2 atom stereocenters. The van der Waals surface area contributed by atoms with Crippen LogP contribution in [0.4, 0.5) is 0 Å². The van der Waals surface area contributed by atoms with Crippen molar-refractivity contribution in [2.45, 2.75) is 53.5 Å². The van der Waals surface area contributed by atoms with Gasteiger partial charge < -0.3 is 9.84 Å². The van der Waals surface area contributed by atoms with Gasteiger partial charge in [0.05, 0.1) is 19.8 Å². The van der Waals surface area contributed by atoms with Gasteiger partial charge in [-0.2, -0.15) is 0 Å². The van der Waals surface area contributed by atoms with Gasteiger partial charge in [-0.3, -0.25) is 4.90 Å². The highest BCUT2D eigenvalue weighted by molar-refractivity contribution is 4.98. The number of likely N-dealkylation sites (tertiary alicyclic amines) is 1. The predicted molar refractivity (Wildman–Crippen MR) is 82.7 cm³/mol. The zero-order chi connectivity index (χ0) is 15.0. The second-order valence-electron chi connectivity index (χ2n) is 8.35. The normalized spacial score (nSPS) is 26.7. The van der Waals surface area contributed by atoms with Gasteiger partial charge in [0, 0.05) is 24.5 Å². The molecule has 0 aliphatic carbocycles. The highest BCUT2D eigenvalue weighted by Crippen LogP contribution is 2.42. The summed E-state index contributed by atoms with van der Waals surface area (Å²) in [5.74, 6) is 1.41. The molecule has 118 valence electrons. The molecule has 0 aromatic heterocycles. The number of aliphatic hydroxyl groups excluding tert-OH is 1. The minimum atomic E-state index is 0.0310. The first-order chi connectivity index (χ1) is 9.31. The van der Waals surface area contributed by atoms with E-state index < -0.39 is 0 Å². The Labute approximate surface area is 124 Å². The first-order valence-electron chi connectivity index (χ1n) is 8.24. The van der Waals surface area contributed by atoms with Crippen molar-refractivity contribution in [1.82, 2.24) is 4.90 Å². The van der Waals surface area contributed by atoms with Crippen LogP contribution < -0.4 is 0 Å². The highest BCUT2D eigenvalue weighted by atomic mass is 16.5. The molecule has 2 heterocycles. The fourth-order valence-electron chi connectivity index (χ4n) is 4.26.